The molecule has 0 saturated heterocycles. The van der Waals surface area contributed by atoms with Crippen LogP contribution >= 0.6 is 0 Å². The first kappa shape index (κ1) is 9.75. The summed E-state index contributed by atoms with van der Waals surface area (Å²) in [5, 5.41) is 0. The Kier molecular flexibility index (Phi) is 4.43. The molecule has 3 heteroatoms. The fourth-order valence-corrected chi connectivity index (χ4v) is 1.00. The van der Waals surface area contributed by atoms with Gasteiger partial charge in [-0.15, -0.1) is 0 Å². The van der Waals surface area contributed by atoms with Gasteiger partial charge < -0.3 is 0 Å². The number of rotatable bonds is 1. The predicted octanol–water partition coefficient (Wildman–Crippen LogP) is 0.786. The Morgan fingerprint density at radius 1 is 1.50 bits per heavy atom. The Hall–Kier alpha value is -0.251. The molecule has 0 spiro atoms. The van der Waals surface area contributed by atoms with Crippen molar-refractivity contribution in [1.82, 2.24) is 0 Å². The molecule has 0 aliphatic carbocycles. The first-order valence-corrected chi connectivity index (χ1v) is 3.97. The third-order valence-corrected chi connectivity index (χ3v) is 1.77. The van der Waals surface area contributed by atoms with E-state index in [1.54, 1.807) is 12.2 Å². The van der Waals surface area contributed by atoms with Crippen LogP contribution in [0.15, 0.2) is 24.5 Å². The average Bonchev–Trinajstić information content (AvgIpc) is 1.90. The minimum absolute atomic E-state index is 0. The maximum absolute atomic E-state index is 10.6. The Bertz CT molecular complexity index is 172. The van der Waals surface area contributed by atoms with Gasteiger partial charge in [0.1, 0.15) is 0 Å². The van der Waals surface area contributed by atoms with Gasteiger partial charge in [0.05, 0.1) is 0 Å². The molecule has 1 heterocycles. The number of ether oxygens (including phenoxy) is 1. The molecule has 0 bridgehead atoms. The molecule has 0 N–H and O–H groups in total. The van der Waals surface area contributed by atoms with Gasteiger partial charge in [0.2, 0.25) is 0 Å². The third-order valence-electron chi connectivity index (χ3n) is 0.959. The summed E-state index contributed by atoms with van der Waals surface area (Å²) in [5.74, 6) is 0. The van der Waals surface area contributed by atoms with E-state index in [2.05, 4.69) is 0 Å². The van der Waals surface area contributed by atoms with Gasteiger partial charge in [0, 0.05) is 0 Å². The molecule has 0 aromatic rings. The first-order chi connectivity index (χ1) is 4.30. The van der Waals surface area contributed by atoms with Crippen LogP contribution in [0.5, 0.6) is 0 Å². The number of carbonyl (C=O) groups is 1. The van der Waals surface area contributed by atoms with E-state index in [1.165, 1.54) is 6.26 Å². The van der Waals surface area contributed by atoms with E-state index >= 15 is 0 Å². The van der Waals surface area contributed by atoms with E-state index in [0.717, 1.165) is 22.5 Å². The topological polar surface area (TPSA) is 26.3 Å². The molecule has 1 unspecified atom stereocenters. The van der Waals surface area contributed by atoms with E-state index in [0.29, 0.717) is 0 Å². The predicted molar refractivity (Wildman–Crippen MR) is 40.6 cm³/mol. The monoisotopic (exact) mass is 245 g/mol. The molecule has 53 valence electrons. The van der Waals surface area contributed by atoms with E-state index in [-0.39, 0.29) is 17.3 Å². The zero-order valence-electron chi connectivity index (χ0n) is 4.70. The molecule has 0 aromatic heterocycles. The fraction of sp³-hybridized carbons (Fsp3) is 0.286. The normalized spacial score (nSPS) is 21.1. The van der Waals surface area contributed by atoms with E-state index < -0.39 is 0 Å². The van der Waals surface area contributed by atoms with Crippen molar-refractivity contribution in [1.29, 1.82) is 0 Å². The zero-order chi connectivity index (χ0) is 6.69. The van der Waals surface area contributed by atoms with Crippen molar-refractivity contribution in [2.45, 2.75) is 13.5 Å². The molecular weight excluding hydrogens is 235 g/mol. The number of carbonyl (C=O) groups excluding carboxylic acids is 1. The SMILES string of the molecule is C.O=[C]([Sn])C1C=CC=CO1. The van der Waals surface area contributed by atoms with E-state index in [4.69, 9.17) is 4.74 Å². The van der Waals surface area contributed by atoms with Crippen LogP contribution < -0.4 is 0 Å². The molecule has 0 aromatic carbocycles. The van der Waals surface area contributed by atoms with Gasteiger partial charge in [-0.25, -0.2) is 0 Å². The van der Waals surface area contributed by atoms with Gasteiger partial charge in [-0.05, 0) is 0 Å². The van der Waals surface area contributed by atoms with Crippen LogP contribution in [0.25, 0.3) is 0 Å². The van der Waals surface area contributed by atoms with Crippen molar-refractivity contribution >= 4 is 26.3 Å². The third kappa shape index (κ3) is 2.56. The second-order valence-corrected chi connectivity index (χ2v) is 3.04. The summed E-state index contributed by atoms with van der Waals surface area (Å²) in [7, 11) is 0. The fourth-order valence-electron chi connectivity index (χ4n) is 0.535. The molecule has 3 radical (unpaired) electrons. The van der Waals surface area contributed by atoms with Crippen LogP contribution in [-0.4, -0.2) is 32.4 Å². The van der Waals surface area contributed by atoms with Crippen LogP contribution in [0, 0.1) is 0 Å². The Morgan fingerprint density at radius 3 is 2.50 bits per heavy atom. The van der Waals surface area contributed by atoms with Gasteiger partial charge in [0.25, 0.3) is 0 Å². The first-order valence-electron chi connectivity index (χ1n) is 2.55. The summed E-state index contributed by atoms with van der Waals surface area (Å²) in [4.78, 5) is 10.6. The summed E-state index contributed by atoms with van der Waals surface area (Å²) in [6.07, 6.45) is 6.54. The zero-order valence-corrected chi connectivity index (χ0v) is 7.56. The van der Waals surface area contributed by atoms with Crippen LogP contribution in [0.1, 0.15) is 7.43 Å². The van der Waals surface area contributed by atoms with Gasteiger partial charge in [-0.1, -0.05) is 7.43 Å². The molecule has 10 heavy (non-hydrogen) atoms. The average molecular weight is 244 g/mol. The molecule has 1 aliphatic rings. The van der Waals surface area contributed by atoms with Gasteiger partial charge in [-0.3, -0.25) is 0 Å². The van der Waals surface area contributed by atoms with Crippen LogP contribution in [-0.2, 0) is 9.53 Å². The van der Waals surface area contributed by atoms with E-state index in [9.17, 15) is 4.79 Å². The second kappa shape index (κ2) is 4.55. The molecule has 0 amide bonds. The summed E-state index contributed by atoms with van der Waals surface area (Å²) in [6.45, 7) is 0. The molecular formula is C7H9O2Sn. The van der Waals surface area contributed by atoms with Gasteiger partial charge in [-0.2, -0.15) is 0 Å². The van der Waals surface area contributed by atoms with Crippen LogP contribution in [0.4, 0.5) is 0 Å². The minimum atomic E-state index is -0.312. The second-order valence-electron chi connectivity index (χ2n) is 1.63. The summed E-state index contributed by atoms with van der Waals surface area (Å²) < 4.78 is 5.07. The van der Waals surface area contributed by atoms with Crippen molar-refractivity contribution in [3.05, 3.63) is 24.5 Å². The van der Waals surface area contributed by atoms with Crippen LogP contribution in [0.2, 0.25) is 0 Å². The molecule has 0 fully saturated rings. The molecule has 0 saturated carbocycles. The van der Waals surface area contributed by atoms with Crippen molar-refractivity contribution in [2.24, 2.45) is 0 Å². The summed E-state index contributed by atoms with van der Waals surface area (Å²) >= 11 is 0.894. The molecule has 2 nitrogen and oxygen atoms in total. The van der Waals surface area contributed by atoms with Crippen molar-refractivity contribution < 1.29 is 9.53 Å². The molecule has 1 atom stereocenters. The maximum atomic E-state index is 10.6. The Morgan fingerprint density at radius 2 is 2.20 bits per heavy atom. The van der Waals surface area contributed by atoms with E-state index in [1.807, 2.05) is 6.08 Å². The van der Waals surface area contributed by atoms with Crippen molar-refractivity contribution in [3.63, 3.8) is 0 Å². The Balaban J connectivity index is 0.000000810. The van der Waals surface area contributed by atoms with Gasteiger partial charge >= 0.3 is 66.4 Å². The number of allylic oxidation sites excluding steroid dienone is 2. The van der Waals surface area contributed by atoms with Crippen molar-refractivity contribution in [3.8, 4) is 0 Å². The summed E-state index contributed by atoms with van der Waals surface area (Å²) in [6, 6.07) is 0. The Labute approximate surface area is 74.0 Å². The quantitative estimate of drug-likeness (QED) is 0.637. The standard InChI is InChI=1S/C6H5O2.CH4.Sn/c7-5-6-3-1-2-4-8-6;;/h1-4,6H;1H4;. The molecule has 1 aliphatic heterocycles. The van der Waals surface area contributed by atoms with Crippen LogP contribution in [0.3, 0.4) is 0 Å². The van der Waals surface area contributed by atoms with Gasteiger partial charge in [0.15, 0.2) is 0 Å². The number of hydrogen-bond acceptors (Lipinski definition) is 2. The molecule has 1 rings (SSSR count). The number of hydrogen-bond donors (Lipinski definition) is 0. The van der Waals surface area contributed by atoms with Crippen molar-refractivity contribution in [2.75, 3.05) is 0 Å². The summed E-state index contributed by atoms with van der Waals surface area (Å²) in [5.41, 5.74) is 0.